The fourth-order valence-corrected chi connectivity index (χ4v) is 1.19. The molecule has 0 fully saturated rings. The van der Waals surface area contributed by atoms with Crippen LogP contribution in [0.25, 0.3) is 0 Å². The van der Waals surface area contributed by atoms with Crippen LogP contribution in [0.1, 0.15) is 0 Å². The third-order valence-electron chi connectivity index (χ3n) is 1.77. The fraction of sp³-hybridized carbons (Fsp3) is 0.667. The molecule has 0 unspecified atom stereocenters. The summed E-state index contributed by atoms with van der Waals surface area (Å²) in [6.45, 7) is 3.29. The van der Waals surface area contributed by atoms with Gasteiger partial charge in [0.2, 0.25) is 11.9 Å². The number of hydrazine groups is 1. The Morgan fingerprint density at radius 3 is 1.92 bits per heavy atom. The van der Waals surface area contributed by atoms with Gasteiger partial charge in [-0.05, 0) is 0 Å². The first-order chi connectivity index (χ1) is 5.88. The van der Waals surface area contributed by atoms with Gasteiger partial charge in [0.25, 0.3) is 0 Å². The molecule has 0 saturated carbocycles. The van der Waals surface area contributed by atoms with Crippen molar-refractivity contribution in [2.24, 2.45) is 15.8 Å². The molecule has 12 heavy (non-hydrogen) atoms. The Balaban J connectivity index is 2.03. The molecule has 0 atom stereocenters. The van der Waals surface area contributed by atoms with E-state index in [-0.39, 0.29) is 0 Å². The van der Waals surface area contributed by atoms with E-state index in [1.807, 2.05) is 0 Å². The van der Waals surface area contributed by atoms with Crippen molar-refractivity contribution in [3.05, 3.63) is 0 Å². The standard InChI is InChI=1S/C6H12N6/c7-12(5-8-1-2-9-5)6-10-3-4-11-6/h1-4,7H2,(H,8,9)(H,10,11). The van der Waals surface area contributed by atoms with E-state index in [0.717, 1.165) is 26.2 Å². The zero-order chi connectivity index (χ0) is 8.39. The number of nitrogens with one attached hydrogen (secondary N) is 2. The zero-order valence-corrected chi connectivity index (χ0v) is 6.75. The molecular formula is C6H12N6. The summed E-state index contributed by atoms with van der Waals surface area (Å²) in [6, 6.07) is 0. The van der Waals surface area contributed by atoms with Crippen molar-refractivity contribution in [1.82, 2.24) is 15.6 Å². The van der Waals surface area contributed by atoms with Gasteiger partial charge in [-0.15, -0.1) is 0 Å². The lowest BCUT2D eigenvalue weighted by Gasteiger charge is -2.17. The monoisotopic (exact) mass is 168 g/mol. The Labute approximate surface area is 70.5 Å². The van der Waals surface area contributed by atoms with Gasteiger partial charge >= 0.3 is 0 Å². The van der Waals surface area contributed by atoms with E-state index in [1.54, 1.807) is 0 Å². The van der Waals surface area contributed by atoms with E-state index in [2.05, 4.69) is 20.6 Å². The van der Waals surface area contributed by atoms with E-state index < -0.39 is 0 Å². The second-order valence-electron chi connectivity index (χ2n) is 2.63. The number of guanidine groups is 2. The van der Waals surface area contributed by atoms with Crippen molar-refractivity contribution in [3.8, 4) is 0 Å². The first-order valence-electron chi connectivity index (χ1n) is 3.99. The van der Waals surface area contributed by atoms with Gasteiger partial charge in [-0.1, -0.05) is 0 Å². The quantitative estimate of drug-likeness (QED) is 0.291. The van der Waals surface area contributed by atoms with Crippen LogP contribution in [-0.2, 0) is 0 Å². The zero-order valence-electron chi connectivity index (χ0n) is 6.75. The number of hydrogen-bond donors (Lipinski definition) is 3. The molecule has 0 saturated heterocycles. The van der Waals surface area contributed by atoms with Crippen LogP contribution in [0.3, 0.4) is 0 Å². The van der Waals surface area contributed by atoms with Crippen molar-refractivity contribution in [2.45, 2.75) is 0 Å². The maximum absolute atomic E-state index is 5.73. The molecular weight excluding hydrogens is 156 g/mol. The molecule has 0 aromatic heterocycles. The molecule has 0 aliphatic carbocycles. The van der Waals surface area contributed by atoms with Crippen LogP contribution in [0, 0.1) is 0 Å². The van der Waals surface area contributed by atoms with Gasteiger partial charge in [0.15, 0.2) is 0 Å². The highest BCUT2D eigenvalue weighted by Crippen LogP contribution is 1.93. The van der Waals surface area contributed by atoms with E-state index in [0.29, 0.717) is 11.9 Å². The molecule has 0 bridgehead atoms. The van der Waals surface area contributed by atoms with Gasteiger partial charge in [0, 0.05) is 13.1 Å². The van der Waals surface area contributed by atoms with Gasteiger partial charge in [-0.25, -0.2) is 20.8 Å². The predicted octanol–water partition coefficient (Wildman–Crippen LogP) is -1.92. The number of aliphatic imine (C=N–C) groups is 2. The van der Waals surface area contributed by atoms with Crippen LogP contribution in [0.2, 0.25) is 0 Å². The minimum atomic E-state index is 0.697. The SMILES string of the molecule is NN(C1=NCCN1)C1=NCCN1. The van der Waals surface area contributed by atoms with Crippen molar-refractivity contribution in [3.63, 3.8) is 0 Å². The Bertz CT molecular complexity index is 208. The highest BCUT2D eigenvalue weighted by Gasteiger charge is 2.18. The average Bonchev–Trinajstić information content (AvgIpc) is 2.77. The van der Waals surface area contributed by atoms with Crippen molar-refractivity contribution in [2.75, 3.05) is 26.2 Å². The smallest absolute Gasteiger partial charge is 0.215 e. The maximum Gasteiger partial charge on any atom is 0.215 e. The first kappa shape index (κ1) is 7.35. The van der Waals surface area contributed by atoms with Gasteiger partial charge in [0.05, 0.1) is 13.1 Å². The molecule has 4 N–H and O–H groups in total. The lowest BCUT2D eigenvalue weighted by Crippen LogP contribution is -2.51. The molecule has 2 aliphatic rings. The van der Waals surface area contributed by atoms with E-state index in [4.69, 9.17) is 5.84 Å². The number of rotatable bonds is 0. The summed E-state index contributed by atoms with van der Waals surface area (Å²) in [6.07, 6.45) is 0. The normalized spacial score (nSPS) is 21.1. The minimum absolute atomic E-state index is 0.697. The van der Waals surface area contributed by atoms with Gasteiger partial charge in [0.1, 0.15) is 0 Å². The number of hydrogen-bond acceptors (Lipinski definition) is 6. The van der Waals surface area contributed by atoms with Crippen LogP contribution in [0.15, 0.2) is 9.98 Å². The highest BCUT2D eigenvalue weighted by molar-refractivity contribution is 5.99. The van der Waals surface area contributed by atoms with Crippen LogP contribution >= 0.6 is 0 Å². The number of nitrogens with zero attached hydrogens (tertiary/aromatic N) is 3. The summed E-state index contributed by atoms with van der Waals surface area (Å²) >= 11 is 0. The van der Waals surface area contributed by atoms with E-state index >= 15 is 0 Å². The molecule has 0 amide bonds. The molecule has 0 aromatic rings. The lowest BCUT2D eigenvalue weighted by molar-refractivity contribution is 0.611. The van der Waals surface area contributed by atoms with Crippen LogP contribution in [0.4, 0.5) is 0 Å². The summed E-state index contributed by atoms with van der Waals surface area (Å²) in [5.74, 6) is 7.13. The average molecular weight is 168 g/mol. The summed E-state index contributed by atoms with van der Waals surface area (Å²) in [7, 11) is 0. The molecule has 0 spiro atoms. The highest BCUT2D eigenvalue weighted by atomic mass is 15.6. The Morgan fingerprint density at radius 2 is 1.58 bits per heavy atom. The van der Waals surface area contributed by atoms with Crippen molar-refractivity contribution >= 4 is 11.9 Å². The van der Waals surface area contributed by atoms with Gasteiger partial charge in [-0.2, -0.15) is 0 Å². The third kappa shape index (κ3) is 1.20. The lowest BCUT2D eigenvalue weighted by atomic mass is 10.7. The van der Waals surface area contributed by atoms with Crippen LogP contribution < -0.4 is 16.5 Å². The second kappa shape index (κ2) is 2.98. The molecule has 6 heteroatoms. The number of nitrogens with two attached hydrogens (primary N) is 1. The first-order valence-corrected chi connectivity index (χ1v) is 3.99. The van der Waals surface area contributed by atoms with Crippen molar-refractivity contribution in [1.29, 1.82) is 0 Å². The molecule has 2 heterocycles. The molecule has 0 aromatic carbocycles. The van der Waals surface area contributed by atoms with Gasteiger partial charge < -0.3 is 10.6 Å². The summed E-state index contributed by atoms with van der Waals surface area (Å²) in [4.78, 5) is 8.33. The molecule has 0 radical (unpaired) electrons. The fourth-order valence-electron chi connectivity index (χ4n) is 1.19. The summed E-state index contributed by atoms with van der Waals surface area (Å²) in [5.41, 5.74) is 0. The summed E-state index contributed by atoms with van der Waals surface area (Å²) < 4.78 is 0. The third-order valence-corrected chi connectivity index (χ3v) is 1.77. The van der Waals surface area contributed by atoms with Gasteiger partial charge in [-0.3, -0.25) is 0 Å². The minimum Gasteiger partial charge on any atom is -0.353 e. The topological polar surface area (TPSA) is 78.0 Å². The maximum atomic E-state index is 5.73. The van der Waals surface area contributed by atoms with E-state index in [1.165, 1.54) is 5.01 Å². The van der Waals surface area contributed by atoms with E-state index in [9.17, 15) is 0 Å². The largest absolute Gasteiger partial charge is 0.353 e. The Kier molecular flexibility index (Phi) is 1.83. The molecule has 66 valence electrons. The Morgan fingerprint density at radius 1 is 1.08 bits per heavy atom. The predicted molar refractivity (Wildman–Crippen MR) is 46.6 cm³/mol. The molecule has 2 aliphatic heterocycles. The van der Waals surface area contributed by atoms with Crippen molar-refractivity contribution < 1.29 is 0 Å². The summed E-state index contributed by atoms with van der Waals surface area (Å²) in [5, 5.41) is 7.58. The van der Waals surface area contributed by atoms with Crippen LogP contribution in [0.5, 0.6) is 0 Å². The van der Waals surface area contributed by atoms with Crippen LogP contribution in [-0.4, -0.2) is 43.1 Å². The Hall–Kier alpha value is -1.30. The molecule has 6 nitrogen and oxygen atoms in total. The second-order valence-corrected chi connectivity index (χ2v) is 2.63. The molecule has 2 rings (SSSR count).